The molecule has 1 heterocycles. The topological polar surface area (TPSA) is 192 Å². The minimum absolute atomic E-state index is 0.00716. The van der Waals surface area contributed by atoms with Crippen LogP contribution in [-0.4, -0.2) is 90.3 Å². The number of rotatable bonds is 18. The predicted octanol–water partition coefficient (Wildman–Crippen LogP) is 6.24. The summed E-state index contributed by atoms with van der Waals surface area (Å²) in [7, 11) is 2.92. The van der Waals surface area contributed by atoms with Crippen LogP contribution in [0.2, 0.25) is 0 Å². The van der Waals surface area contributed by atoms with Crippen molar-refractivity contribution in [2.75, 3.05) is 40.5 Å². The largest absolute Gasteiger partial charge is 0.459 e. The summed E-state index contributed by atoms with van der Waals surface area (Å²) in [6, 6.07) is 10.5. The first-order valence-corrected chi connectivity index (χ1v) is 18.8. The number of benzene rings is 2. The lowest BCUT2D eigenvalue weighted by Gasteiger charge is -2.59. The van der Waals surface area contributed by atoms with Gasteiger partial charge in [-0.15, -0.1) is 6.58 Å². The summed E-state index contributed by atoms with van der Waals surface area (Å²) in [6.45, 7) is 6.32. The minimum Gasteiger partial charge on any atom is -0.459 e. The zero-order valence-electron chi connectivity index (χ0n) is 31.7. The van der Waals surface area contributed by atoms with E-state index in [1.807, 2.05) is 6.07 Å². The molecule has 3 aliphatic rings. The van der Waals surface area contributed by atoms with E-state index in [1.54, 1.807) is 44.3 Å². The van der Waals surface area contributed by atoms with Crippen LogP contribution in [0.4, 0.5) is 15.3 Å². The molecular weight excluding hydrogens is 712 g/mol. The number of ether oxygens (including phenoxy) is 4. The van der Waals surface area contributed by atoms with Crippen LogP contribution in [-0.2, 0) is 20.9 Å². The molecule has 6 atom stereocenters. The van der Waals surface area contributed by atoms with Gasteiger partial charge in [-0.05, 0) is 85.9 Å². The summed E-state index contributed by atoms with van der Waals surface area (Å²) >= 11 is 0. The Morgan fingerprint density at radius 1 is 1.13 bits per heavy atom. The lowest BCUT2D eigenvalue weighted by Crippen LogP contribution is -2.69. The van der Waals surface area contributed by atoms with Gasteiger partial charge in [0, 0.05) is 56.8 Å². The van der Waals surface area contributed by atoms with E-state index in [2.05, 4.69) is 18.0 Å². The van der Waals surface area contributed by atoms with Crippen molar-refractivity contribution >= 4 is 23.6 Å². The Kier molecular flexibility index (Phi) is 14.3. The van der Waals surface area contributed by atoms with E-state index in [4.69, 9.17) is 28.9 Å². The van der Waals surface area contributed by atoms with Crippen LogP contribution in [0.1, 0.15) is 68.9 Å². The fourth-order valence-electron chi connectivity index (χ4n) is 8.25. The highest BCUT2D eigenvalue weighted by atomic mass is 16.7. The number of hydrogen-bond donors (Lipinski definition) is 3. The number of oxime groups is 1. The highest BCUT2D eigenvalue weighted by molar-refractivity contribution is 6.03. The maximum absolute atomic E-state index is 13.4. The maximum Gasteiger partial charge on any atom is 0.412 e. The van der Waals surface area contributed by atoms with Crippen molar-refractivity contribution in [2.24, 2.45) is 22.9 Å². The number of allylic oxidation sites excluding steroid dienone is 1. The number of likely N-dealkylation sites (N-methyl/N-ethyl adjacent to an activating group) is 1. The molecule has 2 amide bonds. The fourth-order valence-corrected chi connectivity index (χ4v) is 8.25. The zero-order valence-corrected chi connectivity index (χ0v) is 31.7. The summed E-state index contributed by atoms with van der Waals surface area (Å²) in [4.78, 5) is 44.1. The number of carbonyl (C=O) groups is 2. The number of non-ortho nitro benzene ring substituents is 1. The number of nitrogens with one attached hydrogen (secondary N) is 1. The van der Waals surface area contributed by atoms with Crippen LogP contribution in [0.3, 0.4) is 0 Å². The molecule has 6 unspecified atom stereocenters. The summed E-state index contributed by atoms with van der Waals surface area (Å²) in [6.07, 6.45) is 7.00. The summed E-state index contributed by atoms with van der Waals surface area (Å²) in [5.74, 6) is -1.56. The van der Waals surface area contributed by atoms with E-state index in [9.17, 15) is 29.9 Å². The standard InChI is InChI=1S/C40H52N4O11/c1-5-21-52-40-35(43(3)39(48)51-4)24-33(42-53-25-26-13-15-28(16-14-26)44(49)50)31-22-27(11-7-9-19-45)30(12-8-10-20-46)36(37(31)40)32-23-29(17-18-34(32)55-40)54-38(47)41-6-2/h5,13-18,22-23,27,30,35-37,45-46H,1,6-12,19-21,24-25H2,2-4H3,(H,41,47). The summed E-state index contributed by atoms with van der Waals surface area (Å²) in [5.41, 5.74) is 2.82. The Morgan fingerprint density at radius 2 is 1.85 bits per heavy atom. The van der Waals surface area contributed by atoms with Gasteiger partial charge < -0.3 is 44.2 Å². The van der Waals surface area contributed by atoms with Crippen LogP contribution >= 0.6 is 0 Å². The van der Waals surface area contributed by atoms with Crippen LogP contribution < -0.4 is 14.8 Å². The van der Waals surface area contributed by atoms with Gasteiger partial charge in [-0.1, -0.05) is 30.1 Å². The van der Waals surface area contributed by atoms with Crippen LogP contribution in [0, 0.1) is 27.9 Å². The van der Waals surface area contributed by atoms with Crippen LogP contribution in [0.15, 0.2) is 71.9 Å². The molecule has 15 nitrogen and oxygen atoms in total. The lowest BCUT2D eigenvalue weighted by molar-refractivity contribution is -0.384. The van der Waals surface area contributed by atoms with Crippen molar-refractivity contribution in [3.05, 3.63) is 88.0 Å². The van der Waals surface area contributed by atoms with E-state index in [-0.39, 0.29) is 56.3 Å². The number of nitrogens with zero attached hydrogens (tertiary/aromatic N) is 3. The Labute approximate surface area is 321 Å². The average Bonchev–Trinajstić information content (AvgIpc) is 3.18. The van der Waals surface area contributed by atoms with E-state index < -0.39 is 34.9 Å². The molecule has 5 rings (SSSR count). The summed E-state index contributed by atoms with van der Waals surface area (Å²) < 4.78 is 24.7. The number of hydrogen-bond acceptors (Lipinski definition) is 12. The molecule has 2 aromatic carbocycles. The van der Waals surface area contributed by atoms with Gasteiger partial charge in [-0.3, -0.25) is 10.1 Å². The number of nitro benzene ring substituents is 1. The Hall–Kier alpha value is -4.99. The van der Waals surface area contributed by atoms with Gasteiger partial charge in [0.25, 0.3) is 5.69 Å². The maximum atomic E-state index is 13.4. The molecule has 0 bridgehead atoms. The van der Waals surface area contributed by atoms with E-state index in [0.717, 1.165) is 36.8 Å². The van der Waals surface area contributed by atoms with Crippen LogP contribution in [0.25, 0.3) is 0 Å². The predicted molar refractivity (Wildman–Crippen MR) is 203 cm³/mol. The number of aliphatic hydroxyl groups excluding tert-OH is 2. The molecule has 55 heavy (non-hydrogen) atoms. The lowest BCUT2D eigenvalue weighted by atomic mass is 9.55. The van der Waals surface area contributed by atoms with Gasteiger partial charge in [0.05, 0.1) is 30.3 Å². The summed E-state index contributed by atoms with van der Waals surface area (Å²) in [5, 5.41) is 38.1. The first-order valence-electron chi connectivity index (χ1n) is 18.8. The van der Waals surface area contributed by atoms with Crippen molar-refractivity contribution < 1.29 is 48.5 Å². The monoisotopic (exact) mass is 764 g/mol. The molecule has 3 N–H and O–H groups in total. The smallest absolute Gasteiger partial charge is 0.412 e. The third-order valence-electron chi connectivity index (χ3n) is 10.7. The molecule has 0 spiro atoms. The Balaban J connectivity index is 1.71. The number of aliphatic hydroxyl groups is 2. The zero-order chi connectivity index (χ0) is 39.5. The third-order valence-corrected chi connectivity index (χ3v) is 10.7. The molecule has 1 aliphatic heterocycles. The quantitative estimate of drug-likeness (QED) is 0.0674. The molecule has 0 saturated heterocycles. The molecule has 0 aromatic heterocycles. The minimum atomic E-state index is -1.47. The second-order valence-corrected chi connectivity index (χ2v) is 14.0. The molecular formula is C40H52N4O11. The second-order valence-electron chi connectivity index (χ2n) is 14.0. The number of nitro groups is 1. The highest BCUT2D eigenvalue weighted by Crippen LogP contribution is 2.61. The van der Waals surface area contributed by atoms with Gasteiger partial charge in [0.1, 0.15) is 24.1 Å². The Morgan fingerprint density at radius 3 is 2.51 bits per heavy atom. The highest BCUT2D eigenvalue weighted by Gasteiger charge is 2.65. The van der Waals surface area contributed by atoms with Crippen molar-refractivity contribution in [2.45, 2.75) is 76.2 Å². The third kappa shape index (κ3) is 9.11. The van der Waals surface area contributed by atoms with E-state index >= 15 is 0 Å². The van der Waals surface area contributed by atoms with Crippen LogP contribution in [0.5, 0.6) is 11.5 Å². The van der Waals surface area contributed by atoms with E-state index in [0.29, 0.717) is 42.2 Å². The van der Waals surface area contributed by atoms with Crippen molar-refractivity contribution in [1.29, 1.82) is 0 Å². The van der Waals surface area contributed by atoms with Gasteiger partial charge in [-0.2, -0.15) is 0 Å². The second kappa shape index (κ2) is 19.0. The van der Waals surface area contributed by atoms with Crippen molar-refractivity contribution in [1.82, 2.24) is 10.2 Å². The fraction of sp³-hybridized carbons (Fsp3) is 0.525. The van der Waals surface area contributed by atoms with Crippen molar-refractivity contribution in [3.63, 3.8) is 0 Å². The normalized spacial score (nSPS) is 24.3. The molecule has 0 radical (unpaired) electrons. The first kappa shape index (κ1) is 41.2. The number of amides is 2. The number of methoxy groups -OCH3 is 1. The molecule has 1 saturated carbocycles. The average molecular weight is 765 g/mol. The number of carbonyl (C=O) groups excluding carboxylic acids is 2. The van der Waals surface area contributed by atoms with Gasteiger partial charge in [-0.25, -0.2) is 9.59 Å². The molecule has 1 fully saturated rings. The molecule has 298 valence electrons. The number of unbranched alkanes of at least 4 members (excludes halogenated alkanes) is 2. The SMILES string of the molecule is C=CCOC12Oc3ccc(OC(=O)NCC)cc3C3C(CCCCO)C(CCCCO)C=C(C(=NOCc4ccc([N+](=O)[O-])cc4)CC1N(C)C(=O)OC)C32. The Bertz CT molecular complexity index is 1730. The molecule has 2 aliphatic carbocycles. The molecule has 15 heteroatoms. The van der Waals surface area contributed by atoms with Crippen molar-refractivity contribution in [3.8, 4) is 11.5 Å². The van der Waals surface area contributed by atoms with E-state index in [1.165, 1.54) is 24.1 Å². The van der Waals surface area contributed by atoms with Gasteiger partial charge in [0.2, 0.25) is 5.79 Å². The van der Waals surface area contributed by atoms with Gasteiger partial charge in [0.15, 0.2) is 0 Å². The number of fused-ring (bicyclic) bond motifs is 2. The molecule has 2 aromatic rings. The first-order chi connectivity index (χ1) is 26.6. The van der Waals surface area contributed by atoms with Gasteiger partial charge >= 0.3 is 12.2 Å².